The molecular weight excluding hydrogens is 238 g/mol. The van der Waals surface area contributed by atoms with Gasteiger partial charge in [0, 0.05) is 6.04 Å². The molecule has 94 valence electrons. The van der Waals surface area contributed by atoms with Crippen LogP contribution in [0.2, 0.25) is 5.02 Å². The van der Waals surface area contributed by atoms with Crippen LogP contribution in [0.4, 0.5) is 0 Å². The number of methoxy groups -OCH3 is 2. The van der Waals surface area contributed by atoms with E-state index in [1.165, 1.54) is 19.3 Å². The van der Waals surface area contributed by atoms with Crippen molar-refractivity contribution in [2.45, 2.75) is 25.3 Å². The maximum absolute atomic E-state index is 6.33. The standard InChI is InChI=1S/C13H18ClNO2/c1-16-10-7-6-9(11(14)13(10)17-2)12(15)8-4-3-5-8/h6-8,12H,3-5,15H2,1-2H3/t12-/m1/s1. The number of benzene rings is 1. The summed E-state index contributed by atoms with van der Waals surface area (Å²) < 4.78 is 10.5. The van der Waals surface area contributed by atoms with Crippen LogP contribution in [0.3, 0.4) is 0 Å². The number of hydrogen-bond donors (Lipinski definition) is 1. The van der Waals surface area contributed by atoms with Crippen LogP contribution in [0.1, 0.15) is 30.9 Å². The number of ether oxygens (including phenoxy) is 2. The maximum Gasteiger partial charge on any atom is 0.179 e. The van der Waals surface area contributed by atoms with Gasteiger partial charge in [0.1, 0.15) is 0 Å². The van der Waals surface area contributed by atoms with E-state index in [-0.39, 0.29) is 6.04 Å². The summed E-state index contributed by atoms with van der Waals surface area (Å²) in [6.45, 7) is 0. The highest BCUT2D eigenvalue weighted by molar-refractivity contribution is 6.33. The van der Waals surface area contributed by atoms with E-state index in [0.717, 1.165) is 5.56 Å². The van der Waals surface area contributed by atoms with Gasteiger partial charge in [0.25, 0.3) is 0 Å². The van der Waals surface area contributed by atoms with Crippen molar-refractivity contribution in [3.63, 3.8) is 0 Å². The minimum Gasteiger partial charge on any atom is -0.493 e. The summed E-state index contributed by atoms with van der Waals surface area (Å²) in [5, 5.41) is 0.575. The molecule has 1 aliphatic rings. The van der Waals surface area contributed by atoms with Crippen molar-refractivity contribution >= 4 is 11.6 Å². The first-order chi connectivity index (χ1) is 8.19. The summed E-state index contributed by atoms with van der Waals surface area (Å²) in [5.74, 6) is 1.76. The predicted molar refractivity (Wildman–Crippen MR) is 68.8 cm³/mol. The fourth-order valence-electron chi connectivity index (χ4n) is 2.21. The molecule has 1 aromatic rings. The summed E-state index contributed by atoms with van der Waals surface area (Å²) in [7, 11) is 3.18. The van der Waals surface area contributed by atoms with E-state index in [4.69, 9.17) is 26.8 Å². The zero-order valence-electron chi connectivity index (χ0n) is 10.2. The van der Waals surface area contributed by atoms with Gasteiger partial charge in [-0.25, -0.2) is 0 Å². The second-order valence-electron chi connectivity index (χ2n) is 4.42. The zero-order chi connectivity index (χ0) is 12.4. The second-order valence-corrected chi connectivity index (χ2v) is 4.80. The summed E-state index contributed by atoms with van der Waals surface area (Å²) >= 11 is 6.33. The first-order valence-corrected chi connectivity index (χ1v) is 6.22. The van der Waals surface area contributed by atoms with E-state index >= 15 is 0 Å². The maximum atomic E-state index is 6.33. The van der Waals surface area contributed by atoms with Gasteiger partial charge in [-0.2, -0.15) is 0 Å². The Morgan fingerprint density at radius 2 is 2.00 bits per heavy atom. The minimum atomic E-state index is -0.00365. The van der Waals surface area contributed by atoms with Gasteiger partial charge in [-0.1, -0.05) is 24.1 Å². The Balaban J connectivity index is 2.34. The molecule has 0 spiro atoms. The van der Waals surface area contributed by atoms with Gasteiger partial charge in [0.2, 0.25) is 0 Å². The molecule has 0 amide bonds. The lowest BCUT2D eigenvalue weighted by Gasteiger charge is -2.32. The first-order valence-electron chi connectivity index (χ1n) is 5.85. The highest BCUT2D eigenvalue weighted by Gasteiger charge is 2.28. The molecule has 3 nitrogen and oxygen atoms in total. The Kier molecular flexibility index (Phi) is 3.79. The number of halogens is 1. The summed E-state index contributed by atoms with van der Waals surface area (Å²) in [5.41, 5.74) is 7.19. The molecule has 0 saturated heterocycles. The van der Waals surface area contributed by atoms with E-state index in [1.54, 1.807) is 14.2 Å². The Morgan fingerprint density at radius 1 is 1.29 bits per heavy atom. The lowest BCUT2D eigenvalue weighted by atomic mass is 9.77. The van der Waals surface area contributed by atoms with E-state index in [1.807, 2.05) is 12.1 Å². The summed E-state index contributed by atoms with van der Waals surface area (Å²) in [4.78, 5) is 0. The number of nitrogens with two attached hydrogens (primary N) is 1. The Bertz CT molecular complexity index is 405. The van der Waals surface area contributed by atoms with Crippen molar-refractivity contribution < 1.29 is 9.47 Å². The molecule has 4 heteroatoms. The van der Waals surface area contributed by atoms with Crippen LogP contribution in [0.15, 0.2) is 12.1 Å². The Hall–Kier alpha value is -0.930. The third kappa shape index (κ3) is 2.22. The molecule has 1 aromatic carbocycles. The van der Waals surface area contributed by atoms with Gasteiger partial charge in [-0.3, -0.25) is 0 Å². The highest BCUT2D eigenvalue weighted by Crippen LogP contribution is 2.44. The highest BCUT2D eigenvalue weighted by atomic mass is 35.5. The zero-order valence-corrected chi connectivity index (χ0v) is 11.0. The van der Waals surface area contributed by atoms with Gasteiger partial charge < -0.3 is 15.2 Å². The SMILES string of the molecule is COc1ccc([C@H](N)C2CCC2)c(Cl)c1OC. The quantitative estimate of drug-likeness (QED) is 0.899. The molecule has 0 bridgehead atoms. The van der Waals surface area contributed by atoms with Crippen LogP contribution in [0.5, 0.6) is 11.5 Å². The van der Waals surface area contributed by atoms with E-state index in [0.29, 0.717) is 22.4 Å². The average molecular weight is 256 g/mol. The topological polar surface area (TPSA) is 44.5 Å². The van der Waals surface area contributed by atoms with Crippen LogP contribution in [0, 0.1) is 5.92 Å². The number of rotatable bonds is 4. The average Bonchev–Trinajstić information content (AvgIpc) is 2.25. The molecule has 1 atom stereocenters. The molecule has 1 saturated carbocycles. The molecule has 0 radical (unpaired) electrons. The molecule has 1 fully saturated rings. The van der Waals surface area contributed by atoms with E-state index in [9.17, 15) is 0 Å². The molecule has 2 N–H and O–H groups in total. The van der Waals surface area contributed by atoms with Crippen molar-refractivity contribution in [1.29, 1.82) is 0 Å². The van der Waals surface area contributed by atoms with Crippen molar-refractivity contribution in [3.05, 3.63) is 22.7 Å². The Morgan fingerprint density at radius 3 is 2.47 bits per heavy atom. The fourth-order valence-corrected chi connectivity index (χ4v) is 2.57. The largest absolute Gasteiger partial charge is 0.493 e. The minimum absolute atomic E-state index is 0.00365. The third-order valence-electron chi connectivity index (χ3n) is 3.53. The fraction of sp³-hybridized carbons (Fsp3) is 0.538. The Labute approximate surface area is 107 Å². The molecule has 0 heterocycles. The van der Waals surface area contributed by atoms with Gasteiger partial charge in [0.05, 0.1) is 19.2 Å². The van der Waals surface area contributed by atoms with Crippen molar-refractivity contribution in [1.82, 2.24) is 0 Å². The monoisotopic (exact) mass is 255 g/mol. The number of hydrogen-bond acceptors (Lipinski definition) is 3. The van der Waals surface area contributed by atoms with Gasteiger partial charge in [-0.15, -0.1) is 0 Å². The molecular formula is C13H18ClNO2. The molecule has 1 aliphatic carbocycles. The van der Waals surface area contributed by atoms with Crippen LogP contribution in [0.25, 0.3) is 0 Å². The second kappa shape index (κ2) is 5.15. The first kappa shape index (κ1) is 12.5. The third-order valence-corrected chi connectivity index (χ3v) is 3.92. The lowest BCUT2D eigenvalue weighted by Crippen LogP contribution is -2.27. The molecule has 0 aromatic heterocycles. The van der Waals surface area contributed by atoms with Crippen molar-refractivity contribution in [3.8, 4) is 11.5 Å². The van der Waals surface area contributed by atoms with Gasteiger partial charge in [0.15, 0.2) is 11.5 Å². The van der Waals surface area contributed by atoms with E-state index < -0.39 is 0 Å². The van der Waals surface area contributed by atoms with Crippen LogP contribution >= 0.6 is 11.6 Å². The smallest absolute Gasteiger partial charge is 0.179 e. The van der Waals surface area contributed by atoms with Crippen molar-refractivity contribution in [2.75, 3.05) is 14.2 Å². The molecule has 17 heavy (non-hydrogen) atoms. The van der Waals surface area contributed by atoms with Crippen LogP contribution in [-0.2, 0) is 0 Å². The molecule has 0 aliphatic heterocycles. The summed E-state index contributed by atoms with van der Waals surface area (Å²) in [6, 6.07) is 3.79. The summed E-state index contributed by atoms with van der Waals surface area (Å²) in [6.07, 6.45) is 3.64. The van der Waals surface area contributed by atoms with Gasteiger partial charge >= 0.3 is 0 Å². The van der Waals surface area contributed by atoms with Gasteiger partial charge in [-0.05, 0) is 30.4 Å². The van der Waals surface area contributed by atoms with Crippen LogP contribution < -0.4 is 15.2 Å². The van der Waals surface area contributed by atoms with Crippen LogP contribution in [-0.4, -0.2) is 14.2 Å². The lowest BCUT2D eigenvalue weighted by molar-refractivity contribution is 0.263. The normalized spacial score (nSPS) is 17.4. The molecule has 0 unspecified atom stereocenters. The predicted octanol–water partition coefficient (Wildman–Crippen LogP) is 3.16. The van der Waals surface area contributed by atoms with Crippen molar-refractivity contribution in [2.24, 2.45) is 11.7 Å². The molecule has 2 rings (SSSR count). The van der Waals surface area contributed by atoms with E-state index in [2.05, 4.69) is 0 Å².